The first-order valence-corrected chi connectivity index (χ1v) is 16.3. The van der Waals surface area contributed by atoms with Gasteiger partial charge >= 0.3 is 0 Å². The molecule has 0 aromatic rings. The first kappa shape index (κ1) is 27.2. The molecule has 5 fully saturated rings. The van der Waals surface area contributed by atoms with Crippen LogP contribution in [0.25, 0.3) is 0 Å². The van der Waals surface area contributed by atoms with Gasteiger partial charge in [0.05, 0.1) is 0 Å². The van der Waals surface area contributed by atoms with Gasteiger partial charge in [-0.15, -0.1) is 0 Å². The Morgan fingerprint density at radius 2 is 1.36 bits per heavy atom. The number of unbranched alkanes of at least 4 members (excludes halogenated alkanes) is 1. The van der Waals surface area contributed by atoms with Crippen LogP contribution >= 0.6 is 0 Å². The van der Waals surface area contributed by atoms with Crippen molar-refractivity contribution in [2.24, 2.45) is 62.6 Å². The third kappa shape index (κ3) is 3.85. The molecule has 1 heteroatoms. The summed E-state index contributed by atoms with van der Waals surface area (Å²) >= 11 is 0. The van der Waals surface area contributed by atoms with Crippen LogP contribution in [0.3, 0.4) is 0 Å². The lowest BCUT2D eigenvalue weighted by atomic mass is 9.32. The van der Waals surface area contributed by atoms with Crippen LogP contribution in [0.4, 0.5) is 0 Å². The maximum atomic E-state index is 11.4. The molecule has 0 aromatic carbocycles. The second-order valence-corrected chi connectivity index (χ2v) is 16.7. The predicted molar refractivity (Wildman–Crippen MR) is 153 cm³/mol. The van der Waals surface area contributed by atoms with E-state index < -0.39 is 0 Å². The molecule has 0 aromatic heterocycles. The molecule has 0 N–H and O–H groups in total. The molecule has 0 amide bonds. The molecule has 0 radical (unpaired) electrons. The summed E-state index contributed by atoms with van der Waals surface area (Å²) < 4.78 is 0. The fraction of sp³-hybridized carbons (Fsp3) is 0.971. The highest BCUT2D eigenvalue weighted by atomic mass is 16.1. The zero-order chi connectivity index (χ0) is 26.1. The molecule has 0 aliphatic heterocycles. The second kappa shape index (κ2) is 9.11. The summed E-state index contributed by atoms with van der Waals surface area (Å²) in [5.41, 5.74) is 2.71. The van der Waals surface area contributed by atoms with Gasteiger partial charge in [-0.2, -0.15) is 0 Å². The number of rotatable bonds is 6. The van der Waals surface area contributed by atoms with Crippen LogP contribution in [0.2, 0.25) is 0 Å². The maximum Gasteiger partial charge on any atom is 0.129 e. The van der Waals surface area contributed by atoms with Crippen molar-refractivity contribution in [3.63, 3.8) is 0 Å². The van der Waals surface area contributed by atoms with Crippen LogP contribution in [-0.4, -0.2) is 5.78 Å². The van der Waals surface area contributed by atoms with Crippen molar-refractivity contribution in [3.05, 3.63) is 0 Å². The Morgan fingerprint density at radius 3 is 2.03 bits per heavy atom. The highest BCUT2D eigenvalue weighted by Crippen LogP contribution is 2.78. The van der Waals surface area contributed by atoms with Gasteiger partial charge in [0, 0.05) is 6.42 Å². The Bertz CT molecular complexity index is 842. The lowest BCUT2D eigenvalue weighted by Gasteiger charge is -2.73. The van der Waals surface area contributed by atoms with Gasteiger partial charge in [-0.3, -0.25) is 0 Å². The summed E-state index contributed by atoms with van der Waals surface area (Å²) in [5.74, 6) is 5.86. The van der Waals surface area contributed by atoms with E-state index in [4.69, 9.17) is 0 Å². The molecule has 206 valence electrons. The van der Waals surface area contributed by atoms with Crippen LogP contribution in [0.15, 0.2) is 0 Å². The van der Waals surface area contributed by atoms with Crippen LogP contribution in [-0.2, 0) is 4.79 Å². The van der Waals surface area contributed by atoms with E-state index in [-0.39, 0.29) is 0 Å². The molecule has 10 atom stereocenters. The monoisotopic (exact) mass is 496 g/mol. The molecule has 0 heterocycles. The minimum absolute atomic E-state index is 0.367. The fourth-order valence-corrected chi connectivity index (χ4v) is 13.1. The minimum atomic E-state index is 0.367. The van der Waals surface area contributed by atoms with Gasteiger partial charge in [0.25, 0.3) is 0 Å². The normalized spacial score (nSPS) is 50.4. The Kier molecular flexibility index (Phi) is 6.90. The minimum Gasteiger partial charge on any atom is -0.300 e. The molecule has 5 aliphatic carbocycles. The number of carbonyl (C=O) groups excluding carboxylic acids is 1. The van der Waals surface area contributed by atoms with E-state index in [0.717, 1.165) is 48.3 Å². The molecular formula is C35H60O. The molecule has 10 unspecified atom stereocenters. The molecule has 1 nitrogen and oxygen atoms in total. The predicted octanol–water partition coefficient (Wildman–Crippen LogP) is 10.3. The summed E-state index contributed by atoms with van der Waals surface area (Å²) in [6, 6.07) is 0. The van der Waals surface area contributed by atoms with E-state index in [1.807, 2.05) is 0 Å². The summed E-state index contributed by atoms with van der Waals surface area (Å²) in [7, 11) is 0. The second-order valence-electron chi connectivity index (χ2n) is 16.7. The molecular weight excluding hydrogens is 436 g/mol. The Hall–Kier alpha value is -0.330. The number of hydrogen-bond acceptors (Lipinski definition) is 1. The van der Waals surface area contributed by atoms with Crippen molar-refractivity contribution in [1.29, 1.82) is 0 Å². The van der Waals surface area contributed by atoms with Crippen LogP contribution in [0.1, 0.15) is 152 Å². The van der Waals surface area contributed by atoms with E-state index >= 15 is 0 Å². The van der Waals surface area contributed by atoms with E-state index in [2.05, 4.69) is 48.5 Å². The van der Waals surface area contributed by atoms with Crippen LogP contribution in [0, 0.1) is 62.6 Å². The molecule has 0 saturated heterocycles. The van der Waals surface area contributed by atoms with Crippen molar-refractivity contribution < 1.29 is 4.79 Å². The Morgan fingerprint density at radius 1 is 0.722 bits per heavy atom. The quantitative estimate of drug-likeness (QED) is 0.334. The van der Waals surface area contributed by atoms with Gasteiger partial charge < -0.3 is 4.79 Å². The van der Waals surface area contributed by atoms with Gasteiger partial charge in [-0.05, 0) is 140 Å². The van der Waals surface area contributed by atoms with E-state index in [1.165, 1.54) is 83.5 Å². The summed E-state index contributed by atoms with van der Waals surface area (Å²) in [4.78, 5) is 11.4. The molecule has 5 saturated carbocycles. The van der Waals surface area contributed by atoms with E-state index in [0.29, 0.717) is 32.9 Å². The molecule has 36 heavy (non-hydrogen) atoms. The van der Waals surface area contributed by atoms with Gasteiger partial charge in [-0.25, -0.2) is 0 Å². The number of carbonyl (C=O) groups is 1. The SMILES string of the molecule is CC(=O)CCCCC(C)C1CCC2(C)C1CCC1(C)C2CCC2C3(C)CCCC(C)(C)C3CCC21C. The zero-order valence-electron chi connectivity index (χ0n) is 25.5. The highest BCUT2D eigenvalue weighted by Gasteiger charge is 2.70. The number of Topliss-reactive ketones (excluding diaryl/α,β-unsaturated/α-hetero) is 1. The molecule has 0 spiro atoms. The standard InChI is InChI=1S/C35H60O/c1-24(12-9-10-13-25(2)36)26-16-21-32(5)27(26)17-22-34(7)29(32)14-15-30-33(6)20-11-19-31(3,4)28(33)18-23-35(30,34)8/h24,26-30H,9-23H2,1-8H3. The summed E-state index contributed by atoms with van der Waals surface area (Å²) in [6.07, 6.45) is 20.8. The van der Waals surface area contributed by atoms with Crippen molar-refractivity contribution in [2.45, 2.75) is 152 Å². The number of hydrogen-bond donors (Lipinski definition) is 0. The first-order chi connectivity index (χ1) is 16.8. The Labute approximate surface area is 224 Å². The van der Waals surface area contributed by atoms with Gasteiger partial charge in [0.15, 0.2) is 0 Å². The summed E-state index contributed by atoms with van der Waals surface area (Å²) in [6.45, 7) is 20.7. The summed E-state index contributed by atoms with van der Waals surface area (Å²) in [5, 5.41) is 0. The van der Waals surface area contributed by atoms with Crippen LogP contribution < -0.4 is 0 Å². The van der Waals surface area contributed by atoms with E-state index in [1.54, 1.807) is 6.92 Å². The lowest BCUT2D eigenvalue weighted by molar-refractivity contribution is -0.241. The smallest absolute Gasteiger partial charge is 0.129 e. The van der Waals surface area contributed by atoms with Crippen molar-refractivity contribution in [2.75, 3.05) is 0 Å². The average molecular weight is 497 g/mol. The fourth-order valence-electron chi connectivity index (χ4n) is 13.1. The van der Waals surface area contributed by atoms with Gasteiger partial charge in [0.1, 0.15) is 5.78 Å². The topological polar surface area (TPSA) is 17.1 Å². The van der Waals surface area contributed by atoms with Crippen LogP contribution in [0.5, 0.6) is 0 Å². The highest BCUT2D eigenvalue weighted by molar-refractivity contribution is 5.75. The Balaban J connectivity index is 1.36. The van der Waals surface area contributed by atoms with Crippen molar-refractivity contribution in [3.8, 4) is 0 Å². The van der Waals surface area contributed by atoms with Gasteiger partial charge in [0.2, 0.25) is 0 Å². The average Bonchev–Trinajstić information content (AvgIpc) is 3.13. The lowest BCUT2D eigenvalue weighted by Crippen LogP contribution is -2.65. The van der Waals surface area contributed by atoms with E-state index in [9.17, 15) is 4.79 Å². The van der Waals surface area contributed by atoms with Crippen molar-refractivity contribution in [1.82, 2.24) is 0 Å². The number of fused-ring (bicyclic) bond motifs is 7. The maximum absolute atomic E-state index is 11.4. The van der Waals surface area contributed by atoms with Gasteiger partial charge in [-0.1, -0.05) is 67.7 Å². The molecule has 5 aliphatic rings. The van der Waals surface area contributed by atoms with Crippen molar-refractivity contribution >= 4 is 5.78 Å². The third-order valence-corrected chi connectivity index (χ3v) is 14.9. The molecule has 0 bridgehead atoms. The first-order valence-electron chi connectivity index (χ1n) is 16.3. The zero-order valence-corrected chi connectivity index (χ0v) is 25.5. The number of ketones is 1. The molecule has 5 rings (SSSR count). The largest absolute Gasteiger partial charge is 0.300 e. The third-order valence-electron chi connectivity index (χ3n) is 14.9.